The zero-order valence-electron chi connectivity index (χ0n) is 17.4. The Morgan fingerprint density at radius 3 is 1.64 bits per heavy atom. The van der Waals surface area contributed by atoms with E-state index < -0.39 is 5.97 Å². The molecule has 0 aromatic carbocycles. The van der Waals surface area contributed by atoms with Crippen LogP contribution in [0.4, 0.5) is 0 Å². The third-order valence-electron chi connectivity index (χ3n) is 3.65. The molecule has 0 saturated carbocycles. The van der Waals surface area contributed by atoms with Crippen LogP contribution in [0.25, 0.3) is 0 Å². The molecule has 0 heterocycles. The van der Waals surface area contributed by atoms with Gasteiger partial charge in [-0.15, -0.1) is 0 Å². The van der Waals surface area contributed by atoms with Gasteiger partial charge in [0, 0.05) is 6.42 Å². The molecule has 0 aromatic heterocycles. The van der Waals surface area contributed by atoms with E-state index in [9.17, 15) is 4.79 Å². The van der Waals surface area contributed by atoms with Gasteiger partial charge in [-0.3, -0.25) is 4.79 Å². The van der Waals surface area contributed by atoms with Crippen LogP contribution in [0.3, 0.4) is 0 Å². The van der Waals surface area contributed by atoms with Crippen LogP contribution in [0, 0.1) is 0 Å². The van der Waals surface area contributed by atoms with Gasteiger partial charge in [0.05, 0.1) is 0 Å². The molecule has 1 N–H and O–H groups in total. The van der Waals surface area contributed by atoms with Crippen molar-refractivity contribution in [1.82, 2.24) is 0 Å². The van der Waals surface area contributed by atoms with Crippen molar-refractivity contribution in [2.75, 3.05) is 0 Å². The number of unbranched alkanes of at least 4 members (excludes halogenated alkanes) is 11. The van der Waals surface area contributed by atoms with E-state index in [-0.39, 0.29) is 62.0 Å². The Bertz CT molecular complexity index is 253. The van der Waals surface area contributed by atoms with Gasteiger partial charge in [0.25, 0.3) is 0 Å². The second-order valence-corrected chi connectivity index (χ2v) is 5.73. The summed E-state index contributed by atoms with van der Waals surface area (Å²) in [6, 6.07) is 0. The summed E-state index contributed by atoms with van der Waals surface area (Å²) in [6.07, 6.45) is 21.2. The normalized spacial score (nSPS) is 10.2. The van der Waals surface area contributed by atoms with E-state index >= 15 is 0 Å². The first-order valence-corrected chi connectivity index (χ1v) is 8.64. The van der Waals surface area contributed by atoms with E-state index in [4.69, 9.17) is 5.11 Å². The second kappa shape index (κ2) is 24.5. The number of hydrogen-bond acceptors (Lipinski definition) is 1. The molecule has 0 unspecified atom stereocenters. The Morgan fingerprint density at radius 2 is 1.18 bits per heavy atom. The van der Waals surface area contributed by atoms with Gasteiger partial charge in [-0.05, 0) is 32.1 Å². The van der Waals surface area contributed by atoms with Gasteiger partial charge >= 0.3 is 65.1 Å². The van der Waals surface area contributed by atoms with Gasteiger partial charge in [-0.25, -0.2) is 0 Å². The van der Waals surface area contributed by atoms with Crippen LogP contribution in [-0.4, -0.2) is 11.1 Å². The van der Waals surface area contributed by atoms with E-state index in [1.807, 2.05) is 0 Å². The Hall–Kier alpha value is 1.21. The smallest absolute Gasteiger partial charge is 1.00 e. The minimum absolute atomic E-state index is 0. The monoisotopic (exact) mass is 330 g/mol. The predicted octanol–water partition coefficient (Wildman–Crippen LogP) is 0.342. The number of carbonyl (C=O) groups is 1. The Balaban J connectivity index is -0.000000301. The number of carboxylic acid groups (broad SMARTS) is 1. The van der Waals surface area contributed by atoms with Crippen molar-refractivity contribution >= 4 is 5.97 Å². The fraction of sp³-hybridized carbons (Fsp3) is 0.833. The summed E-state index contributed by atoms with van der Waals surface area (Å²) in [7, 11) is 0. The molecule has 0 aliphatic heterocycles. The van der Waals surface area contributed by atoms with Crippen LogP contribution < -0.4 is 59.1 Å². The Labute approximate surface area is 185 Å². The SMILES string of the molecule is CCCCCCCC/C=C\CCCCCCCC(=O)O.[H-].[H-].[Na+].[Na+]. The summed E-state index contributed by atoms with van der Waals surface area (Å²) in [5.41, 5.74) is 0. The molecule has 0 saturated heterocycles. The fourth-order valence-corrected chi connectivity index (χ4v) is 2.35. The van der Waals surface area contributed by atoms with Crippen molar-refractivity contribution < 1.29 is 71.9 Å². The molecule has 0 aliphatic carbocycles. The van der Waals surface area contributed by atoms with Gasteiger partial charge in [0.1, 0.15) is 0 Å². The molecule has 0 aromatic rings. The van der Waals surface area contributed by atoms with E-state index in [1.165, 1.54) is 70.6 Å². The van der Waals surface area contributed by atoms with Gasteiger partial charge < -0.3 is 7.96 Å². The summed E-state index contributed by atoms with van der Waals surface area (Å²) < 4.78 is 0. The van der Waals surface area contributed by atoms with Crippen molar-refractivity contribution in [2.45, 2.75) is 96.8 Å². The van der Waals surface area contributed by atoms with Crippen LogP contribution in [0.2, 0.25) is 0 Å². The molecule has 0 fully saturated rings. The zero-order valence-corrected chi connectivity index (χ0v) is 19.4. The van der Waals surface area contributed by atoms with Crippen molar-refractivity contribution in [3.63, 3.8) is 0 Å². The predicted molar refractivity (Wildman–Crippen MR) is 89.3 cm³/mol. The second-order valence-electron chi connectivity index (χ2n) is 5.73. The van der Waals surface area contributed by atoms with E-state index in [2.05, 4.69) is 19.1 Å². The first-order chi connectivity index (χ1) is 9.77. The summed E-state index contributed by atoms with van der Waals surface area (Å²) in [5, 5.41) is 8.51. The zero-order chi connectivity index (χ0) is 14.9. The summed E-state index contributed by atoms with van der Waals surface area (Å²) in [5.74, 6) is -0.664. The molecule has 4 heteroatoms. The van der Waals surface area contributed by atoms with Gasteiger partial charge in [-0.2, -0.15) is 0 Å². The van der Waals surface area contributed by atoms with Crippen LogP contribution in [0.15, 0.2) is 12.2 Å². The Morgan fingerprint density at radius 1 is 0.773 bits per heavy atom. The maximum absolute atomic E-state index is 10.3. The minimum Gasteiger partial charge on any atom is -1.00 e. The van der Waals surface area contributed by atoms with E-state index in [0.29, 0.717) is 6.42 Å². The number of allylic oxidation sites excluding steroid dienone is 2. The standard InChI is InChI=1S/C18H34O2.2Na.2H/c1-2-3-4-5-6-7-8-9-10-11-12-13-14-15-16-17-18(19)20;;;;/h9-10H,2-8,11-17H2,1H3,(H,19,20);;;;/q;2*+1;2*-1/b10-9-;;;;. The first-order valence-electron chi connectivity index (χ1n) is 8.64. The van der Waals surface area contributed by atoms with Crippen molar-refractivity contribution in [3.8, 4) is 0 Å². The molecule has 0 amide bonds. The molecular weight excluding hydrogens is 294 g/mol. The number of carboxylic acids is 1. The van der Waals surface area contributed by atoms with Crippen LogP contribution in [-0.2, 0) is 4.79 Å². The molecule has 0 atom stereocenters. The fourth-order valence-electron chi connectivity index (χ4n) is 2.35. The van der Waals surface area contributed by atoms with Crippen molar-refractivity contribution in [2.24, 2.45) is 0 Å². The van der Waals surface area contributed by atoms with E-state index in [1.54, 1.807) is 0 Å². The molecule has 0 radical (unpaired) electrons. The molecule has 0 bridgehead atoms. The van der Waals surface area contributed by atoms with Crippen LogP contribution >= 0.6 is 0 Å². The number of rotatable bonds is 15. The number of aliphatic carboxylic acids is 1. The summed E-state index contributed by atoms with van der Waals surface area (Å²) in [6.45, 7) is 2.26. The summed E-state index contributed by atoms with van der Waals surface area (Å²) >= 11 is 0. The van der Waals surface area contributed by atoms with Gasteiger partial charge in [-0.1, -0.05) is 70.4 Å². The van der Waals surface area contributed by atoms with Crippen molar-refractivity contribution in [3.05, 3.63) is 12.2 Å². The van der Waals surface area contributed by atoms with E-state index in [0.717, 1.165) is 12.8 Å². The first kappa shape index (κ1) is 28.0. The van der Waals surface area contributed by atoms with Crippen LogP contribution in [0.1, 0.15) is 99.7 Å². The molecular formula is C18H36Na2O2. The quantitative estimate of drug-likeness (QED) is 0.267. The molecule has 22 heavy (non-hydrogen) atoms. The molecule has 0 aliphatic rings. The summed E-state index contributed by atoms with van der Waals surface area (Å²) in [4.78, 5) is 10.3. The topological polar surface area (TPSA) is 37.3 Å². The largest absolute Gasteiger partial charge is 1.00 e. The Kier molecular flexibility index (Phi) is 31.2. The van der Waals surface area contributed by atoms with Gasteiger partial charge in [0.2, 0.25) is 0 Å². The third-order valence-corrected chi connectivity index (χ3v) is 3.65. The average Bonchev–Trinajstić information content (AvgIpc) is 2.43. The maximum Gasteiger partial charge on any atom is 1.00 e. The number of hydrogen-bond donors (Lipinski definition) is 1. The molecule has 2 nitrogen and oxygen atoms in total. The van der Waals surface area contributed by atoms with Crippen LogP contribution in [0.5, 0.6) is 0 Å². The molecule has 0 rings (SSSR count). The minimum atomic E-state index is -0.664. The molecule has 0 spiro atoms. The van der Waals surface area contributed by atoms with Gasteiger partial charge in [0.15, 0.2) is 0 Å². The molecule has 122 valence electrons. The third kappa shape index (κ3) is 26.1. The maximum atomic E-state index is 10.3. The van der Waals surface area contributed by atoms with Crippen molar-refractivity contribution in [1.29, 1.82) is 0 Å². The average molecular weight is 330 g/mol.